The van der Waals surface area contributed by atoms with Gasteiger partial charge in [-0.1, -0.05) is 24.3 Å². The van der Waals surface area contributed by atoms with Crippen molar-refractivity contribution in [3.8, 4) is 0 Å². The zero-order valence-electron chi connectivity index (χ0n) is 12.8. The van der Waals surface area contributed by atoms with Crippen LogP contribution in [0, 0.1) is 0 Å². The van der Waals surface area contributed by atoms with Crippen LogP contribution < -0.4 is 0 Å². The second-order valence-electron chi connectivity index (χ2n) is 6.32. The van der Waals surface area contributed by atoms with E-state index < -0.39 is 0 Å². The second kappa shape index (κ2) is 6.18. The van der Waals surface area contributed by atoms with Crippen LogP contribution in [-0.4, -0.2) is 45.5 Å². The third-order valence-corrected chi connectivity index (χ3v) is 4.55. The maximum absolute atomic E-state index is 5.88. The molecule has 1 aliphatic carbocycles. The number of rotatable bonds is 5. The minimum absolute atomic E-state index is 0.198. The Morgan fingerprint density at radius 1 is 1.23 bits per heavy atom. The second-order valence-corrected chi connectivity index (χ2v) is 6.32. The van der Waals surface area contributed by atoms with Gasteiger partial charge in [-0.25, -0.2) is 4.98 Å². The van der Waals surface area contributed by atoms with E-state index in [1.54, 1.807) is 18.2 Å². The van der Waals surface area contributed by atoms with E-state index >= 15 is 0 Å². The summed E-state index contributed by atoms with van der Waals surface area (Å²) >= 11 is 0. The highest BCUT2D eigenvalue weighted by Gasteiger charge is 2.27. The maximum atomic E-state index is 5.88. The fourth-order valence-corrected chi connectivity index (χ4v) is 3.28. The highest BCUT2D eigenvalue weighted by Crippen LogP contribution is 2.41. The molecule has 0 radical (unpaired) electrons. The summed E-state index contributed by atoms with van der Waals surface area (Å²) in [5.74, 6) is 0.809. The van der Waals surface area contributed by atoms with Crippen LogP contribution in [0.25, 0.3) is 0 Å². The van der Waals surface area contributed by atoms with Crippen molar-refractivity contribution in [2.75, 3.05) is 19.7 Å². The normalized spacial score (nSPS) is 22.8. The molecule has 4 rings (SSSR count). The van der Waals surface area contributed by atoms with Crippen LogP contribution in [-0.2, 0) is 17.8 Å². The van der Waals surface area contributed by atoms with Crippen LogP contribution in [0.5, 0.6) is 0 Å². The van der Waals surface area contributed by atoms with Crippen LogP contribution in [0.1, 0.15) is 29.9 Å². The molecule has 1 aromatic carbocycles. The van der Waals surface area contributed by atoms with Gasteiger partial charge in [-0.2, -0.15) is 5.10 Å². The van der Waals surface area contributed by atoms with Crippen molar-refractivity contribution in [3.63, 3.8) is 0 Å². The van der Waals surface area contributed by atoms with Gasteiger partial charge in [0.2, 0.25) is 0 Å². The lowest BCUT2D eigenvalue weighted by Crippen LogP contribution is -2.43. The van der Waals surface area contributed by atoms with Crippen LogP contribution in [0.4, 0.5) is 0 Å². The zero-order chi connectivity index (χ0) is 14.8. The Labute approximate surface area is 130 Å². The van der Waals surface area contributed by atoms with E-state index in [4.69, 9.17) is 4.74 Å². The van der Waals surface area contributed by atoms with Gasteiger partial charge >= 0.3 is 0 Å². The molecule has 5 nitrogen and oxygen atoms in total. The average molecular weight is 298 g/mol. The SMILES string of the molecule is c1ccc(C2CC2)c(CN2CCOC(Cn3cncn3)C2)c1. The van der Waals surface area contributed by atoms with Gasteiger partial charge in [0, 0.05) is 19.6 Å². The summed E-state index contributed by atoms with van der Waals surface area (Å²) < 4.78 is 7.73. The zero-order valence-corrected chi connectivity index (χ0v) is 12.8. The van der Waals surface area contributed by atoms with Crippen molar-refractivity contribution in [2.45, 2.75) is 38.0 Å². The van der Waals surface area contributed by atoms with Crippen molar-refractivity contribution >= 4 is 0 Å². The van der Waals surface area contributed by atoms with Crippen LogP contribution >= 0.6 is 0 Å². The molecule has 0 N–H and O–H groups in total. The standard InChI is InChI=1S/C17H22N4O/c1-2-4-17(14-5-6-14)15(3-1)9-20-7-8-22-16(10-20)11-21-13-18-12-19-21/h1-4,12-14,16H,5-11H2. The Morgan fingerprint density at radius 3 is 2.95 bits per heavy atom. The summed E-state index contributed by atoms with van der Waals surface area (Å²) in [6.07, 6.45) is 6.24. The minimum atomic E-state index is 0.198. The number of morpholine rings is 1. The van der Waals surface area contributed by atoms with E-state index in [-0.39, 0.29) is 6.10 Å². The average Bonchev–Trinajstić information content (AvgIpc) is 3.26. The first-order chi connectivity index (χ1) is 10.9. The monoisotopic (exact) mass is 298 g/mol. The highest BCUT2D eigenvalue weighted by atomic mass is 16.5. The van der Waals surface area contributed by atoms with E-state index in [2.05, 4.69) is 39.2 Å². The van der Waals surface area contributed by atoms with Gasteiger partial charge in [0.1, 0.15) is 12.7 Å². The molecule has 2 aromatic rings. The van der Waals surface area contributed by atoms with E-state index in [0.717, 1.165) is 38.7 Å². The Bertz CT molecular complexity index is 609. The van der Waals surface area contributed by atoms with Gasteiger partial charge < -0.3 is 4.74 Å². The minimum Gasteiger partial charge on any atom is -0.374 e. The molecule has 0 bridgehead atoms. The van der Waals surface area contributed by atoms with Gasteiger partial charge in [0.05, 0.1) is 19.3 Å². The number of benzene rings is 1. The third-order valence-electron chi connectivity index (χ3n) is 4.55. The molecule has 1 saturated heterocycles. The fraction of sp³-hybridized carbons (Fsp3) is 0.529. The predicted octanol–water partition coefficient (Wildman–Crippen LogP) is 2.06. The first-order valence-electron chi connectivity index (χ1n) is 8.12. The molecular weight excluding hydrogens is 276 g/mol. The molecule has 1 aromatic heterocycles. The number of aromatic nitrogens is 3. The molecule has 2 heterocycles. The molecule has 1 unspecified atom stereocenters. The van der Waals surface area contributed by atoms with Crippen LogP contribution in [0.2, 0.25) is 0 Å². The Balaban J connectivity index is 1.40. The lowest BCUT2D eigenvalue weighted by atomic mass is 10.0. The highest BCUT2D eigenvalue weighted by molar-refractivity contribution is 5.33. The van der Waals surface area contributed by atoms with Gasteiger partial charge in [-0.15, -0.1) is 0 Å². The molecular formula is C17H22N4O. The smallest absolute Gasteiger partial charge is 0.137 e. The predicted molar refractivity (Wildman–Crippen MR) is 83.5 cm³/mol. The van der Waals surface area contributed by atoms with E-state index in [0.29, 0.717) is 0 Å². The van der Waals surface area contributed by atoms with Crippen LogP contribution in [0.3, 0.4) is 0 Å². The fourth-order valence-electron chi connectivity index (χ4n) is 3.28. The first kappa shape index (κ1) is 13.9. The summed E-state index contributed by atoms with van der Waals surface area (Å²) in [5.41, 5.74) is 3.05. The van der Waals surface area contributed by atoms with Gasteiger partial charge in [0.25, 0.3) is 0 Å². The van der Waals surface area contributed by atoms with Crippen molar-refractivity contribution in [1.82, 2.24) is 19.7 Å². The number of hydrogen-bond acceptors (Lipinski definition) is 4. The van der Waals surface area contributed by atoms with Crippen molar-refractivity contribution in [1.29, 1.82) is 0 Å². The van der Waals surface area contributed by atoms with Crippen molar-refractivity contribution in [2.24, 2.45) is 0 Å². The molecule has 0 amide bonds. The topological polar surface area (TPSA) is 43.2 Å². The Kier molecular flexibility index (Phi) is 3.91. The largest absolute Gasteiger partial charge is 0.374 e. The molecule has 2 aliphatic rings. The maximum Gasteiger partial charge on any atom is 0.137 e. The number of nitrogens with zero attached hydrogens (tertiary/aromatic N) is 4. The van der Waals surface area contributed by atoms with E-state index in [1.165, 1.54) is 18.4 Å². The Hall–Kier alpha value is -1.72. The molecule has 116 valence electrons. The van der Waals surface area contributed by atoms with Crippen LogP contribution in [0.15, 0.2) is 36.9 Å². The van der Waals surface area contributed by atoms with Crippen molar-refractivity contribution < 1.29 is 4.74 Å². The quantitative estimate of drug-likeness (QED) is 0.847. The molecule has 2 fully saturated rings. The lowest BCUT2D eigenvalue weighted by Gasteiger charge is -2.33. The third kappa shape index (κ3) is 3.20. The summed E-state index contributed by atoms with van der Waals surface area (Å²) in [7, 11) is 0. The molecule has 1 saturated carbocycles. The van der Waals surface area contributed by atoms with Gasteiger partial charge in [0.15, 0.2) is 0 Å². The van der Waals surface area contributed by atoms with Gasteiger partial charge in [-0.3, -0.25) is 9.58 Å². The molecule has 1 aliphatic heterocycles. The summed E-state index contributed by atoms with van der Waals surface area (Å²) in [6, 6.07) is 8.93. The number of ether oxygens (including phenoxy) is 1. The molecule has 1 atom stereocenters. The number of hydrogen-bond donors (Lipinski definition) is 0. The molecule has 22 heavy (non-hydrogen) atoms. The molecule has 5 heteroatoms. The summed E-state index contributed by atoms with van der Waals surface area (Å²) in [6.45, 7) is 4.57. The lowest BCUT2D eigenvalue weighted by molar-refractivity contribution is -0.0403. The summed E-state index contributed by atoms with van der Waals surface area (Å²) in [4.78, 5) is 6.50. The van der Waals surface area contributed by atoms with Gasteiger partial charge in [-0.05, 0) is 29.9 Å². The van der Waals surface area contributed by atoms with E-state index in [9.17, 15) is 0 Å². The molecule has 0 spiro atoms. The van der Waals surface area contributed by atoms with Crippen molar-refractivity contribution in [3.05, 3.63) is 48.0 Å². The van der Waals surface area contributed by atoms with E-state index in [1.807, 2.05) is 4.68 Å². The Morgan fingerprint density at radius 2 is 2.14 bits per heavy atom. The summed E-state index contributed by atoms with van der Waals surface area (Å²) in [5, 5.41) is 4.17. The first-order valence-corrected chi connectivity index (χ1v) is 8.12.